The average Bonchev–Trinajstić information content (AvgIpc) is 2.60. The molecule has 4 heteroatoms. The first-order chi connectivity index (χ1) is 11.2. The highest BCUT2D eigenvalue weighted by molar-refractivity contribution is 5.94. The normalized spacial score (nSPS) is 11.7. The molecule has 0 aliphatic carbocycles. The minimum Gasteiger partial charge on any atom is -0.489 e. The zero-order valence-electron chi connectivity index (χ0n) is 13.7. The number of carbonyl (C=O) groups is 1. The Morgan fingerprint density at radius 1 is 1.09 bits per heavy atom. The van der Waals surface area contributed by atoms with Crippen LogP contribution in [0.5, 0.6) is 5.75 Å². The molecule has 0 radical (unpaired) electrons. The van der Waals surface area contributed by atoms with Crippen LogP contribution in [0.15, 0.2) is 54.6 Å². The smallest absolute Gasteiger partial charge is 0.241 e. The predicted octanol–water partition coefficient (Wildman–Crippen LogP) is 3.59. The number of amides is 1. The molecular formula is C19H24N2O2. The van der Waals surface area contributed by atoms with Crippen LogP contribution in [0.3, 0.4) is 0 Å². The van der Waals surface area contributed by atoms with Gasteiger partial charge in [0.05, 0.1) is 6.04 Å². The number of carbonyl (C=O) groups excluding carboxylic acids is 1. The average molecular weight is 312 g/mol. The maximum Gasteiger partial charge on any atom is 0.241 e. The highest BCUT2D eigenvalue weighted by Crippen LogP contribution is 2.17. The van der Waals surface area contributed by atoms with Gasteiger partial charge in [0.1, 0.15) is 12.4 Å². The molecule has 1 amide bonds. The standard InChI is InChI=1S/C19H24N2O2/c1-3-13-20-15(2)19(22)21-17-9-11-18(12-10-17)23-14-16-7-5-4-6-8-16/h4-12,15,20H,3,13-14H2,1-2H3,(H,21,22). The number of anilines is 1. The molecule has 0 aliphatic rings. The third-order valence-electron chi connectivity index (χ3n) is 3.46. The van der Waals surface area contributed by atoms with E-state index in [-0.39, 0.29) is 11.9 Å². The van der Waals surface area contributed by atoms with Crippen LogP contribution in [0.2, 0.25) is 0 Å². The summed E-state index contributed by atoms with van der Waals surface area (Å²) in [5, 5.41) is 6.06. The fourth-order valence-corrected chi connectivity index (χ4v) is 2.08. The molecule has 2 rings (SSSR count). The van der Waals surface area contributed by atoms with Crippen LogP contribution in [-0.2, 0) is 11.4 Å². The van der Waals surface area contributed by atoms with Crippen LogP contribution < -0.4 is 15.4 Å². The van der Waals surface area contributed by atoms with E-state index < -0.39 is 0 Å². The fourth-order valence-electron chi connectivity index (χ4n) is 2.08. The Morgan fingerprint density at radius 2 is 1.78 bits per heavy atom. The van der Waals surface area contributed by atoms with Crippen molar-refractivity contribution in [3.63, 3.8) is 0 Å². The van der Waals surface area contributed by atoms with E-state index in [1.54, 1.807) is 0 Å². The van der Waals surface area contributed by atoms with Crippen molar-refractivity contribution < 1.29 is 9.53 Å². The summed E-state index contributed by atoms with van der Waals surface area (Å²) in [6.07, 6.45) is 1.01. The number of nitrogens with one attached hydrogen (secondary N) is 2. The molecule has 4 nitrogen and oxygen atoms in total. The number of ether oxygens (including phenoxy) is 1. The van der Waals surface area contributed by atoms with Crippen molar-refractivity contribution in [1.29, 1.82) is 0 Å². The minimum atomic E-state index is -0.205. The van der Waals surface area contributed by atoms with Gasteiger partial charge in [-0.15, -0.1) is 0 Å². The molecule has 0 aromatic heterocycles. The third-order valence-corrected chi connectivity index (χ3v) is 3.46. The topological polar surface area (TPSA) is 50.4 Å². The SMILES string of the molecule is CCCNC(C)C(=O)Nc1ccc(OCc2ccccc2)cc1. The van der Waals surface area contributed by atoms with Crippen molar-refractivity contribution in [2.75, 3.05) is 11.9 Å². The molecule has 0 heterocycles. The van der Waals surface area contributed by atoms with E-state index in [9.17, 15) is 4.79 Å². The van der Waals surface area contributed by atoms with Crippen LogP contribution in [0.25, 0.3) is 0 Å². The van der Waals surface area contributed by atoms with Gasteiger partial charge in [0.15, 0.2) is 0 Å². The van der Waals surface area contributed by atoms with Gasteiger partial charge >= 0.3 is 0 Å². The molecule has 0 saturated carbocycles. The molecule has 2 aromatic carbocycles. The molecule has 23 heavy (non-hydrogen) atoms. The Labute approximate surface area is 137 Å². The van der Waals surface area contributed by atoms with E-state index >= 15 is 0 Å². The number of rotatable bonds is 8. The molecule has 1 atom stereocenters. The second-order valence-corrected chi connectivity index (χ2v) is 5.46. The Bertz CT molecular complexity index is 597. The van der Waals surface area contributed by atoms with Gasteiger partial charge in [-0.25, -0.2) is 0 Å². The summed E-state index contributed by atoms with van der Waals surface area (Å²) in [5.74, 6) is 0.750. The minimum absolute atomic E-state index is 0.0311. The Morgan fingerprint density at radius 3 is 2.43 bits per heavy atom. The Kier molecular flexibility index (Phi) is 6.63. The summed E-state index contributed by atoms with van der Waals surface area (Å²) >= 11 is 0. The van der Waals surface area contributed by atoms with Crippen LogP contribution in [0, 0.1) is 0 Å². The summed E-state index contributed by atoms with van der Waals surface area (Å²) < 4.78 is 5.73. The van der Waals surface area contributed by atoms with Gasteiger partial charge in [0.2, 0.25) is 5.91 Å². The first-order valence-electron chi connectivity index (χ1n) is 8.00. The van der Waals surface area contributed by atoms with E-state index in [4.69, 9.17) is 4.74 Å². The van der Waals surface area contributed by atoms with E-state index in [1.807, 2.05) is 61.5 Å². The first-order valence-corrected chi connectivity index (χ1v) is 8.00. The lowest BCUT2D eigenvalue weighted by Crippen LogP contribution is -2.38. The zero-order valence-corrected chi connectivity index (χ0v) is 13.7. The molecule has 0 fully saturated rings. The summed E-state index contributed by atoms with van der Waals surface area (Å²) in [6.45, 7) is 5.31. The van der Waals surface area contributed by atoms with E-state index in [0.717, 1.165) is 30.0 Å². The zero-order chi connectivity index (χ0) is 16.5. The molecule has 2 N–H and O–H groups in total. The number of hydrogen-bond donors (Lipinski definition) is 2. The van der Waals surface area contributed by atoms with Crippen LogP contribution in [0.4, 0.5) is 5.69 Å². The molecular weight excluding hydrogens is 288 g/mol. The Balaban J connectivity index is 1.83. The lowest BCUT2D eigenvalue weighted by Gasteiger charge is -2.14. The summed E-state index contributed by atoms with van der Waals surface area (Å²) in [4.78, 5) is 12.0. The lowest BCUT2D eigenvalue weighted by molar-refractivity contribution is -0.117. The van der Waals surface area contributed by atoms with Crippen molar-refractivity contribution in [3.05, 3.63) is 60.2 Å². The van der Waals surface area contributed by atoms with Crippen LogP contribution >= 0.6 is 0 Å². The second-order valence-electron chi connectivity index (χ2n) is 5.46. The summed E-state index contributed by atoms with van der Waals surface area (Å²) in [6, 6.07) is 17.2. The van der Waals surface area contributed by atoms with Gasteiger partial charge in [0.25, 0.3) is 0 Å². The van der Waals surface area contributed by atoms with Gasteiger partial charge in [-0.05, 0) is 49.7 Å². The second kappa shape index (κ2) is 8.96. The quantitative estimate of drug-likeness (QED) is 0.783. The summed E-state index contributed by atoms with van der Waals surface area (Å²) in [5.41, 5.74) is 1.90. The van der Waals surface area contributed by atoms with Gasteiger partial charge in [-0.3, -0.25) is 4.79 Å². The third kappa shape index (κ3) is 5.75. The molecule has 2 aromatic rings. The molecule has 0 bridgehead atoms. The monoisotopic (exact) mass is 312 g/mol. The van der Waals surface area contributed by atoms with Crippen molar-refractivity contribution in [3.8, 4) is 5.75 Å². The largest absolute Gasteiger partial charge is 0.489 e. The van der Waals surface area contributed by atoms with Gasteiger partial charge in [-0.2, -0.15) is 0 Å². The molecule has 122 valence electrons. The highest BCUT2D eigenvalue weighted by Gasteiger charge is 2.11. The fraction of sp³-hybridized carbons (Fsp3) is 0.316. The van der Waals surface area contributed by atoms with Crippen molar-refractivity contribution >= 4 is 11.6 Å². The predicted molar refractivity (Wildman–Crippen MR) is 93.6 cm³/mol. The van der Waals surface area contributed by atoms with Gasteiger partial charge in [-0.1, -0.05) is 37.3 Å². The van der Waals surface area contributed by atoms with Crippen molar-refractivity contribution in [1.82, 2.24) is 5.32 Å². The molecule has 1 unspecified atom stereocenters. The summed E-state index contributed by atoms with van der Waals surface area (Å²) in [7, 11) is 0. The van der Waals surface area contributed by atoms with Crippen LogP contribution in [-0.4, -0.2) is 18.5 Å². The van der Waals surface area contributed by atoms with Crippen molar-refractivity contribution in [2.45, 2.75) is 32.9 Å². The van der Waals surface area contributed by atoms with E-state index in [0.29, 0.717) is 6.61 Å². The maximum absolute atomic E-state index is 12.0. The maximum atomic E-state index is 12.0. The van der Waals surface area contributed by atoms with E-state index in [2.05, 4.69) is 17.6 Å². The number of benzene rings is 2. The van der Waals surface area contributed by atoms with Gasteiger partial charge < -0.3 is 15.4 Å². The first kappa shape index (κ1) is 17.0. The number of hydrogen-bond acceptors (Lipinski definition) is 3. The van der Waals surface area contributed by atoms with Crippen molar-refractivity contribution in [2.24, 2.45) is 0 Å². The van der Waals surface area contributed by atoms with Crippen LogP contribution in [0.1, 0.15) is 25.8 Å². The molecule has 0 saturated heterocycles. The molecule has 0 spiro atoms. The Hall–Kier alpha value is -2.33. The lowest BCUT2D eigenvalue weighted by atomic mass is 10.2. The highest BCUT2D eigenvalue weighted by atomic mass is 16.5. The molecule has 0 aliphatic heterocycles. The van der Waals surface area contributed by atoms with Gasteiger partial charge in [0, 0.05) is 5.69 Å². The van der Waals surface area contributed by atoms with E-state index in [1.165, 1.54) is 0 Å².